The third-order valence-corrected chi connectivity index (χ3v) is 6.90. The molecule has 3 unspecified atom stereocenters. The maximum absolute atomic E-state index is 10.8. The van der Waals surface area contributed by atoms with Gasteiger partial charge in [0.15, 0.2) is 0 Å². The number of hydrogen-bond donors (Lipinski definition) is 1. The largest absolute Gasteiger partial charge is 0.497 e. The smallest absolute Gasteiger partial charge is 0.124 e. The van der Waals surface area contributed by atoms with Crippen molar-refractivity contribution in [2.24, 2.45) is 0 Å². The van der Waals surface area contributed by atoms with E-state index >= 15 is 0 Å². The molecule has 1 aliphatic rings. The first-order valence-electron chi connectivity index (χ1n) is 6.84. The Balaban J connectivity index is 2.28. The minimum absolute atomic E-state index is 0.208. The van der Waals surface area contributed by atoms with E-state index in [1.54, 1.807) is 14.2 Å². The molecule has 0 aliphatic carbocycles. The number of hydrogen-bond acceptors (Lipinski definition) is 5. The Kier molecular flexibility index (Phi) is 5.93. The first kappa shape index (κ1) is 15.9. The minimum atomic E-state index is -0.525. The van der Waals surface area contributed by atoms with Crippen LogP contribution in [0.1, 0.15) is 25.0 Å². The van der Waals surface area contributed by atoms with E-state index < -0.39 is 6.10 Å². The highest BCUT2D eigenvalue weighted by Crippen LogP contribution is 2.42. The third-order valence-electron chi connectivity index (χ3n) is 3.56. The van der Waals surface area contributed by atoms with Gasteiger partial charge in [-0.25, -0.2) is 0 Å². The van der Waals surface area contributed by atoms with Gasteiger partial charge in [0.2, 0.25) is 0 Å². The molecule has 1 aromatic carbocycles. The SMILES string of the molecule is CCC1SCCSC1C(O)c1cc(OC)ccc1OC. The van der Waals surface area contributed by atoms with Crippen LogP contribution in [-0.4, -0.2) is 41.3 Å². The summed E-state index contributed by atoms with van der Waals surface area (Å²) in [6, 6.07) is 5.60. The van der Waals surface area contributed by atoms with Crippen LogP contribution in [0.15, 0.2) is 18.2 Å². The maximum atomic E-state index is 10.8. The van der Waals surface area contributed by atoms with Crippen molar-refractivity contribution in [3.05, 3.63) is 23.8 Å². The molecular weight excluding hydrogens is 292 g/mol. The van der Waals surface area contributed by atoms with Gasteiger partial charge in [-0.1, -0.05) is 6.92 Å². The van der Waals surface area contributed by atoms with E-state index in [9.17, 15) is 5.11 Å². The molecular formula is C15H22O3S2. The third kappa shape index (κ3) is 3.38. The molecule has 1 fully saturated rings. The zero-order valence-corrected chi connectivity index (χ0v) is 13.8. The Morgan fingerprint density at radius 3 is 2.65 bits per heavy atom. The van der Waals surface area contributed by atoms with Crippen LogP contribution in [0, 0.1) is 0 Å². The number of rotatable bonds is 5. The zero-order chi connectivity index (χ0) is 14.5. The molecule has 0 bridgehead atoms. The molecule has 1 saturated heterocycles. The van der Waals surface area contributed by atoms with E-state index in [1.165, 1.54) is 5.75 Å². The van der Waals surface area contributed by atoms with E-state index in [0.717, 1.165) is 29.2 Å². The van der Waals surface area contributed by atoms with Gasteiger partial charge < -0.3 is 14.6 Å². The minimum Gasteiger partial charge on any atom is -0.497 e. The Hall–Kier alpha value is -0.520. The average Bonchev–Trinajstić information content (AvgIpc) is 2.53. The Morgan fingerprint density at radius 2 is 2.00 bits per heavy atom. The van der Waals surface area contributed by atoms with Gasteiger partial charge in [-0.15, -0.1) is 0 Å². The summed E-state index contributed by atoms with van der Waals surface area (Å²) in [6.07, 6.45) is 0.550. The van der Waals surface area contributed by atoms with E-state index in [0.29, 0.717) is 5.25 Å². The number of aliphatic hydroxyl groups excluding tert-OH is 1. The van der Waals surface area contributed by atoms with E-state index in [-0.39, 0.29) is 5.25 Å². The Morgan fingerprint density at radius 1 is 1.25 bits per heavy atom. The molecule has 0 saturated carbocycles. The van der Waals surface area contributed by atoms with Gasteiger partial charge >= 0.3 is 0 Å². The predicted molar refractivity (Wildman–Crippen MR) is 87.3 cm³/mol. The molecule has 0 aromatic heterocycles. The monoisotopic (exact) mass is 314 g/mol. The van der Waals surface area contributed by atoms with Gasteiger partial charge in [0.1, 0.15) is 11.5 Å². The van der Waals surface area contributed by atoms with Crippen molar-refractivity contribution in [1.29, 1.82) is 0 Å². The van der Waals surface area contributed by atoms with Crippen molar-refractivity contribution < 1.29 is 14.6 Å². The van der Waals surface area contributed by atoms with E-state index in [2.05, 4.69) is 6.92 Å². The van der Waals surface area contributed by atoms with Crippen LogP contribution >= 0.6 is 23.5 Å². The summed E-state index contributed by atoms with van der Waals surface area (Å²) in [5.74, 6) is 3.74. The summed E-state index contributed by atoms with van der Waals surface area (Å²) in [6.45, 7) is 2.19. The van der Waals surface area contributed by atoms with Crippen LogP contribution in [-0.2, 0) is 0 Å². The normalized spacial score (nSPS) is 24.2. The molecule has 0 radical (unpaired) electrons. The zero-order valence-electron chi connectivity index (χ0n) is 12.2. The highest BCUT2D eigenvalue weighted by molar-refractivity contribution is 8.07. The lowest BCUT2D eigenvalue weighted by Crippen LogP contribution is -2.31. The van der Waals surface area contributed by atoms with Crippen molar-refractivity contribution in [2.45, 2.75) is 29.9 Å². The first-order chi connectivity index (χ1) is 9.71. The van der Waals surface area contributed by atoms with Crippen LogP contribution in [0.25, 0.3) is 0 Å². The molecule has 112 valence electrons. The fraction of sp³-hybridized carbons (Fsp3) is 0.600. The number of methoxy groups -OCH3 is 2. The van der Waals surface area contributed by atoms with Crippen molar-refractivity contribution >= 4 is 23.5 Å². The van der Waals surface area contributed by atoms with Gasteiger partial charge in [0.05, 0.1) is 20.3 Å². The molecule has 0 amide bonds. The maximum Gasteiger partial charge on any atom is 0.124 e. The molecule has 1 aliphatic heterocycles. The van der Waals surface area contributed by atoms with Crippen molar-refractivity contribution in [3.63, 3.8) is 0 Å². The lowest BCUT2D eigenvalue weighted by atomic mass is 10.0. The van der Waals surface area contributed by atoms with Crippen molar-refractivity contribution in [1.82, 2.24) is 0 Å². The standard InChI is InChI=1S/C15H22O3S2/c1-4-13-15(20-8-7-19-13)14(16)11-9-10(17-2)5-6-12(11)18-3/h5-6,9,13-16H,4,7-8H2,1-3H3. The Bertz CT molecular complexity index is 439. The van der Waals surface area contributed by atoms with Crippen molar-refractivity contribution in [2.75, 3.05) is 25.7 Å². The summed E-state index contributed by atoms with van der Waals surface area (Å²) in [4.78, 5) is 0. The average molecular weight is 314 g/mol. The Labute approximate surface area is 129 Å². The summed E-state index contributed by atoms with van der Waals surface area (Å²) in [5.41, 5.74) is 0.824. The summed E-state index contributed by atoms with van der Waals surface area (Å²) >= 11 is 3.83. The van der Waals surface area contributed by atoms with E-state index in [1.807, 2.05) is 41.7 Å². The van der Waals surface area contributed by atoms with Gasteiger partial charge in [0, 0.05) is 27.6 Å². The fourth-order valence-corrected chi connectivity index (χ4v) is 5.60. The molecule has 2 rings (SSSR count). The number of benzene rings is 1. The number of thioether (sulfide) groups is 2. The summed E-state index contributed by atoms with van der Waals surface area (Å²) in [7, 11) is 3.27. The molecule has 1 aromatic rings. The highest BCUT2D eigenvalue weighted by Gasteiger charge is 2.33. The molecule has 1 heterocycles. The molecule has 3 atom stereocenters. The lowest BCUT2D eigenvalue weighted by molar-refractivity contribution is 0.167. The topological polar surface area (TPSA) is 38.7 Å². The molecule has 3 nitrogen and oxygen atoms in total. The summed E-state index contributed by atoms with van der Waals surface area (Å²) < 4.78 is 10.7. The molecule has 0 spiro atoms. The van der Waals surface area contributed by atoms with Gasteiger partial charge in [-0.3, -0.25) is 0 Å². The van der Waals surface area contributed by atoms with Gasteiger partial charge in [0.25, 0.3) is 0 Å². The van der Waals surface area contributed by atoms with Crippen LogP contribution in [0.5, 0.6) is 11.5 Å². The van der Waals surface area contributed by atoms with Crippen LogP contribution in [0.2, 0.25) is 0 Å². The first-order valence-corrected chi connectivity index (χ1v) is 8.94. The van der Waals surface area contributed by atoms with Crippen LogP contribution in [0.3, 0.4) is 0 Å². The quantitative estimate of drug-likeness (QED) is 0.902. The summed E-state index contributed by atoms with van der Waals surface area (Å²) in [5, 5.41) is 11.5. The number of ether oxygens (including phenoxy) is 2. The van der Waals surface area contributed by atoms with Crippen LogP contribution < -0.4 is 9.47 Å². The molecule has 1 N–H and O–H groups in total. The number of aliphatic hydroxyl groups is 1. The van der Waals surface area contributed by atoms with Gasteiger partial charge in [-0.05, 0) is 24.6 Å². The van der Waals surface area contributed by atoms with E-state index in [4.69, 9.17) is 9.47 Å². The fourth-order valence-electron chi connectivity index (χ4n) is 2.48. The van der Waals surface area contributed by atoms with Gasteiger partial charge in [-0.2, -0.15) is 23.5 Å². The molecule has 20 heavy (non-hydrogen) atoms. The highest BCUT2D eigenvalue weighted by atomic mass is 32.2. The second-order valence-electron chi connectivity index (χ2n) is 4.71. The lowest BCUT2D eigenvalue weighted by Gasteiger charge is -2.34. The van der Waals surface area contributed by atoms with Crippen molar-refractivity contribution in [3.8, 4) is 11.5 Å². The predicted octanol–water partition coefficient (Wildman–Crippen LogP) is 3.36. The molecule has 5 heteroatoms. The second kappa shape index (κ2) is 7.48. The van der Waals surface area contributed by atoms with Crippen LogP contribution in [0.4, 0.5) is 0 Å². The second-order valence-corrected chi connectivity index (χ2v) is 7.34.